The minimum absolute atomic E-state index is 0.353. The molecule has 0 fully saturated rings. The average Bonchev–Trinajstić information content (AvgIpc) is 3.31. The van der Waals surface area contributed by atoms with E-state index in [1.54, 1.807) is 73.1 Å². The van der Waals surface area contributed by atoms with Crippen molar-refractivity contribution in [2.24, 2.45) is 5.73 Å². The zero-order chi connectivity index (χ0) is 21.8. The Morgan fingerprint density at radius 1 is 1.03 bits per heavy atom. The van der Waals surface area contributed by atoms with Crippen LogP contribution < -0.4 is 16.5 Å². The van der Waals surface area contributed by atoms with Crippen LogP contribution in [0.1, 0.15) is 16.7 Å². The molecule has 3 aromatic rings. The van der Waals surface area contributed by atoms with Crippen molar-refractivity contribution in [1.82, 2.24) is 10.5 Å². The summed E-state index contributed by atoms with van der Waals surface area (Å²) in [6, 6.07) is 19.2. The Kier molecular flexibility index (Phi) is 5.70. The smallest absolute Gasteiger partial charge is 0.260 e. The van der Waals surface area contributed by atoms with Crippen molar-refractivity contribution in [3.63, 3.8) is 0 Å². The number of rotatable bonds is 6. The Morgan fingerprint density at radius 3 is 2.39 bits per heavy atom. The second-order valence-electron chi connectivity index (χ2n) is 6.92. The van der Waals surface area contributed by atoms with Gasteiger partial charge in [0.05, 0.1) is 5.70 Å². The minimum Gasteiger partial charge on any atom is -0.368 e. The molecular formula is C23H19ClN4O3. The summed E-state index contributed by atoms with van der Waals surface area (Å²) in [5.74, 6) is -1.04. The van der Waals surface area contributed by atoms with Crippen LogP contribution in [0.15, 0.2) is 85.2 Å². The Labute approximate surface area is 183 Å². The van der Waals surface area contributed by atoms with Crippen molar-refractivity contribution < 1.29 is 14.4 Å². The highest BCUT2D eigenvalue weighted by Gasteiger charge is 2.38. The van der Waals surface area contributed by atoms with Crippen molar-refractivity contribution in [3.8, 4) is 0 Å². The molecule has 31 heavy (non-hydrogen) atoms. The van der Waals surface area contributed by atoms with Gasteiger partial charge in [-0.25, -0.2) is 0 Å². The fraction of sp³-hybridized carbons (Fsp3) is 0.0870. The van der Waals surface area contributed by atoms with Gasteiger partial charge >= 0.3 is 0 Å². The minimum atomic E-state index is -1.51. The summed E-state index contributed by atoms with van der Waals surface area (Å²) in [5, 5.41) is 2.78. The first-order valence-corrected chi connectivity index (χ1v) is 9.86. The van der Waals surface area contributed by atoms with E-state index in [-0.39, 0.29) is 5.91 Å². The number of hydrogen-bond acceptors (Lipinski definition) is 5. The number of anilines is 1. The van der Waals surface area contributed by atoms with E-state index in [2.05, 4.69) is 15.8 Å². The zero-order valence-corrected chi connectivity index (χ0v) is 17.0. The molecule has 7 nitrogen and oxygen atoms in total. The average molecular weight is 435 g/mol. The SMILES string of the molecule is NC(=O)C(Cl)(c1ccccc1)c1ccc(NC(=O)C2C=C(c3cccnc3)NO2)cc1. The summed E-state index contributed by atoms with van der Waals surface area (Å²) in [7, 11) is 0. The summed E-state index contributed by atoms with van der Waals surface area (Å²) in [4.78, 5) is 32.7. The highest BCUT2D eigenvalue weighted by molar-refractivity contribution is 6.36. The van der Waals surface area contributed by atoms with Gasteiger partial charge in [-0.2, -0.15) is 0 Å². The molecule has 1 aromatic heterocycles. The van der Waals surface area contributed by atoms with Crippen molar-refractivity contribution in [3.05, 3.63) is 102 Å². The number of amides is 2. The van der Waals surface area contributed by atoms with Gasteiger partial charge in [0.25, 0.3) is 5.91 Å². The van der Waals surface area contributed by atoms with Crippen LogP contribution >= 0.6 is 11.6 Å². The lowest BCUT2D eigenvalue weighted by molar-refractivity contribution is -0.125. The van der Waals surface area contributed by atoms with Crippen LogP contribution in [0.4, 0.5) is 5.69 Å². The van der Waals surface area contributed by atoms with Crippen molar-refractivity contribution in [1.29, 1.82) is 0 Å². The Morgan fingerprint density at radius 2 is 1.74 bits per heavy atom. The van der Waals surface area contributed by atoms with Gasteiger partial charge in [0.1, 0.15) is 0 Å². The highest BCUT2D eigenvalue weighted by atomic mass is 35.5. The van der Waals surface area contributed by atoms with Gasteiger partial charge in [0, 0.05) is 23.6 Å². The summed E-state index contributed by atoms with van der Waals surface area (Å²) >= 11 is 6.66. The van der Waals surface area contributed by atoms with Crippen LogP contribution in [0.5, 0.6) is 0 Å². The number of halogens is 1. The number of primary amides is 1. The van der Waals surface area contributed by atoms with Gasteiger partial charge in [-0.15, -0.1) is 0 Å². The van der Waals surface area contributed by atoms with E-state index in [1.807, 2.05) is 12.1 Å². The second-order valence-corrected chi connectivity index (χ2v) is 7.48. The van der Waals surface area contributed by atoms with Crippen LogP contribution in [-0.2, 0) is 19.3 Å². The number of hydroxylamine groups is 1. The van der Waals surface area contributed by atoms with Crippen LogP contribution in [0.25, 0.3) is 5.70 Å². The van der Waals surface area contributed by atoms with Crippen molar-refractivity contribution in [2.75, 3.05) is 5.32 Å². The summed E-state index contributed by atoms with van der Waals surface area (Å²) < 4.78 is 0. The van der Waals surface area contributed by atoms with E-state index in [1.165, 1.54) is 0 Å². The number of nitrogens with zero attached hydrogens (tertiary/aromatic N) is 1. The fourth-order valence-corrected chi connectivity index (χ4v) is 3.52. The first-order chi connectivity index (χ1) is 15.0. The molecule has 1 aliphatic heterocycles. The number of benzene rings is 2. The van der Waals surface area contributed by atoms with Crippen molar-refractivity contribution in [2.45, 2.75) is 11.0 Å². The normalized spacial score (nSPS) is 17.2. The Bertz CT molecular complexity index is 1120. The lowest BCUT2D eigenvalue weighted by Crippen LogP contribution is -2.37. The number of pyridine rings is 1. The highest BCUT2D eigenvalue weighted by Crippen LogP contribution is 2.37. The standard InChI is InChI=1S/C23H19ClN4O3/c24-23(22(25)30,16-6-2-1-3-7-16)17-8-10-18(11-9-17)27-21(29)20-13-19(28-31-20)15-5-4-12-26-14-15/h1-14,20,28H,(H2,25,30)(H,27,29). The molecule has 0 bridgehead atoms. The molecule has 0 radical (unpaired) electrons. The predicted octanol–water partition coefficient (Wildman–Crippen LogP) is 2.93. The molecule has 2 amide bonds. The summed E-state index contributed by atoms with van der Waals surface area (Å²) in [5.41, 5.74) is 11.4. The molecule has 8 heteroatoms. The van der Waals surface area contributed by atoms with Gasteiger partial charge in [-0.3, -0.25) is 24.9 Å². The molecule has 1 aliphatic rings. The number of alkyl halides is 1. The van der Waals surface area contributed by atoms with Crippen molar-refractivity contribution >= 4 is 34.8 Å². The third-order valence-electron chi connectivity index (χ3n) is 4.91. The Balaban J connectivity index is 1.49. The first kappa shape index (κ1) is 20.6. The maximum absolute atomic E-state index is 12.6. The molecule has 0 aliphatic carbocycles. The molecule has 2 atom stereocenters. The molecule has 0 spiro atoms. The number of hydrogen-bond donors (Lipinski definition) is 3. The van der Waals surface area contributed by atoms with E-state index in [0.29, 0.717) is 22.5 Å². The molecule has 0 saturated heterocycles. The van der Waals surface area contributed by atoms with Gasteiger partial charge in [-0.1, -0.05) is 54.1 Å². The third kappa shape index (κ3) is 4.14. The first-order valence-electron chi connectivity index (χ1n) is 9.48. The topological polar surface area (TPSA) is 106 Å². The molecule has 2 aromatic carbocycles. The van der Waals surface area contributed by atoms with Crippen LogP contribution in [0.2, 0.25) is 0 Å². The number of carbonyl (C=O) groups is 2. The monoisotopic (exact) mass is 434 g/mol. The molecule has 4 rings (SSSR count). The van der Waals surface area contributed by atoms with E-state index in [9.17, 15) is 9.59 Å². The molecule has 4 N–H and O–H groups in total. The van der Waals surface area contributed by atoms with Crippen LogP contribution in [0.3, 0.4) is 0 Å². The lowest BCUT2D eigenvalue weighted by Gasteiger charge is -2.25. The quantitative estimate of drug-likeness (QED) is 0.517. The van der Waals surface area contributed by atoms with E-state index >= 15 is 0 Å². The third-order valence-corrected chi connectivity index (χ3v) is 5.53. The molecule has 2 heterocycles. The number of carbonyl (C=O) groups excluding carboxylic acids is 2. The van der Waals surface area contributed by atoms with Gasteiger partial charge in [0.2, 0.25) is 5.91 Å². The second kappa shape index (κ2) is 8.59. The largest absolute Gasteiger partial charge is 0.368 e. The van der Waals surface area contributed by atoms with Gasteiger partial charge in [0.15, 0.2) is 11.0 Å². The van der Waals surface area contributed by atoms with Gasteiger partial charge in [-0.05, 0) is 41.5 Å². The van der Waals surface area contributed by atoms with E-state index < -0.39 is 16.9 Å². The number of nitrogens with two attached hydrogens (primary N) is 1. The Hall–Kier alpha value is -3.68. The summed E-state index contributed by atoms with van der Waals surface area (Å²) in [6.45, 7) is 0. The number of nitrogens with one attached hydrogen (secondary N) is 2. The maximum atomic E-state index is 12.6. The van der Waals surface area contributed by atoms with E-state index in [4.69, 9.17) is 22.2 Å². The number of aromatic nitrogens is 1. The van der Waals surface area contributed by atoms with Crippen LogP contribution in [-0.4, -0.2) is 22.9 Å². The maximum Gasteiger partial charge on any atom is 0.260 e. The summed E-state index contributed by atoms with van der Waals surface area (Å²) in [6.07, 6.45) is 4.20. The van der Waals surface area contributed by atoms with E-state index in [0.717, 1.165) is 5.56 Å². The molecule has 156 valence electrons. The lowest BCUT2D eigenvalue weighted by atomic mass is 9.89. The van der Waals surface area contributed by atoms with Crippen LogP contribution in [0, 0.1) is 0 Å². The fourth-order valence-electron chi connectivity index (χ4n) is 3.27. The van der Waals surface area contributed by atoms with Gasteiger partial charge < -0.3 is 11.1 Å². The zero-order valence-electron chi connectivity index (χ0n) is 16.3. The molecule has 2 unspecified atom stereocenters. The molecular weight excluding hydrogens is 416 g/mol. The predicted molar refractivity (Wildman–Crippen MR) is 118 cm³/mol. The molecule has 0 saturated carbocycles.